The Balaban J connectivity index is 1.57. The van der Waals surface area contributed by atoms with Crippen molar-refractivity contribution in [2.24, 2.45) is 0 Å². The zero-order chi connectivity index (χ0) is 25.7. The third-order valence-corrected chi connectivity index (χ3v) is 5.44. The van der Waals surface area contributed by atoms with Gasteiger partial charge in [0, 0.05) is 18.4 Å². The fraction of sp³-hybridized carbons (Fsp3) is 0.333. The second-order valence-corrected chi connectivity index (χ2v) is 9.33. The molecule has 2 heterocycles. The van der Waals surface area contributed by atoms with Gasteiger partial charge in [0.05, 0.1) is 7.11 Å². The molecule has 1 N–H and O–H groups in total. The summed E-state index contributed by atoms with van der Waals surface area (Å²) in [6.45, 7) is 5.89. The van der Waals surface area contributed by atoms with Gasteiger partial charge in [-0.15, -0.1) is 0 Å². The molecule has 0 saturated carbocycles. The summed E-state index contributed by atoms with van der Waals surface area (Å²) in [7, 11) is 1.59. The summed E-state index contributed by atoms with van der Waals surface area (Å²) in [4.78, 5) is 36.1. The summed E-state index contributed by atoms with van der Waals surface area (Å²) in [6.07, 6.45) is 2.30. The smallest absolute Gasteiger partial charge is 0.325 e. The van der Waals surface area contributed by atoms with E-state index in [0.29, 0.717) is 11.7 Å². The van der Waals surface area contributed by atoms with Gasteiger partial charge >= 0.3 is 5.97 Å². The number of carbonyl (C=O) groups is 2. The normalized spacial score (nSPS) is 12.6. The number of aromatic nitrogens is 2. The Kier molecular flexibility index (Phi) is 7.38. The van der Waals surface area contributed by atoms with E-state index >= 15 is 0 Å². The Bertz CT molecular complexity index is 1250. The minimum Gasteiger partial charge on any atom is -0.497 e. The maximum absolute atomic E-state index is 13.0. The second-order valence-electron chi connectivity index (χ2n) is 9.33. The predicted molar refractivity (Wildman–Crippen MR) is 135 cm³/mol. The quantitative estimate of drug-likeness (QED) is 0.475. The Morgan fingerprint density at radius 2 is 1.92 bits per heavy atom. The number of rotatable bonds is 8. The van der Waals surface area contributed by atoms with E-state index < -0.39 is 17.5 Å². The number of methoxy groups -OCH3 is 1. The monoisotopic (exact) mass is 490 g/mol. The zero-order valence-electron chi connectivity index (χ0n) is 20.9. The Labute approximate surface area is 210 Å². The van der Waals surface area contributed by atoms with Crippen molar-refractivity contribution in [3.8, 4) is 11.6 Å². The average molecular weight is 491 g/mol. The maximum Gasteiger partial charge on any atom is 0.325 e. The van der Waals surface area contributed by atoms with Crippen molar-refractivity contribution in [2.75, 3.05) is 25.1 Å². The molecule has 0 spiro atoms. The van der Waals surface area contributed by atoms with E-state index in [1.54, 1.807) is 27.9 Å². The lowest BCUT2D eigenvalue weighted by atomic mass is 10.2. The first-order valence-electron chi connectivity index (χ1n) is 11.7. The van der Waals surface area contributed by atoms with Gasteiger partial charge in [-0.05, 0) is 56.5 Å². The molecule has 3 aromatic rings. The van der Waals surface area contributed by atoms with Gasteiger partial charge in [0.1, 0.15) is 30.1 Å². The molecule has 0 aliphatic carbocycles. The third-order valence-electron chi connectivity index (χ3n) is 5.44. The summed E-state index contributed by atoms with van der Waals surface area (Å²) in [6, 6.07) is 15.5. The van der Waals surface area contributed by atoms with Crippen LogP contribution in [-0.2, 0) is 22.6 Å². The van der Waals surface area contributed by atoms with Crippen LogP contribution >= 0.6 is 0 Å². The van der Waals surface area contributed by atoms with Gasteiger partial charge in [0.25, 0.3) is 5.91 Å². The molecule has 1 aromatic heterocycles. The number of carbonyl (C=O) groups excluding carboxylic acids is 2. The maximum atomic E-state index is 13.0. The van der Waals surface area contributed by atoms with E-state index in [1.807, 2.05) is 47.4 Å². The number of nitrogens with one attached hydrogen (secondary N) is 1. The van der Waals surface area contributed by atoms with Gasteiger partial charge in [-0.25, -0.2) is 4.98 Å². The number of nitrogens with zero attached hydrogens (tertiary/aromatic N) is 3. The van der Waals surface area contributed by atoms with Crippen LogP contribution in [0.15, 0.2) is 54.7 Å². The number of fused-ring (bicyclic) bond motifs is 1. The standard InChI is InChI=1S/C27H30N4O5/c1-27(2,3)36-23(32)16-28-24(33)21-15-29-26(31-13-12-19-9-5-6-11-22(19)31)30-25(21)35-17-18-8-7-10-20(14-18)34-4/h5-11,14-15H,12-13,16-17H2,1-4H3,(H,28,33). The number of para-hydroxylation sites is 1. The minimum atomic E-state index is -0.649. The van der Waals surface area contributed by atoms with Crippen LogP contribution < -0.4 is 19.7 Å². The lowest BCUT2D eigenvalue weighted by Gasteiger charge is -2.20. The summed E-state index contributed by atoms with van der Waals surface area (Å²) in [5.41, 5.74) is 2.56. The van der Waals surface area contributed by atoms with E-state index in [1.165, 1.54) is 11.8 Å². The fourth-order valence-electron chi connectivity index (χ4n) is 3.84. The van der Waals surface area contributed by atoms with E-state index in [9.17, 15) is 9.59 Å². The van der Waals surface area contributed by atoms with Gasteiger partial charge in [0.2, 0.25) is 11.8 Å². The molecule has 1 aliphatic rings. The molecular formula is C27H30N4O5. The molecule has 1 aliphatic heterocycles. The summed E-state index contributed by atoms with van der Waals surface area (Å²) >= 11 is 0. The SMILES string of the molecule is COc1cccc(COc2nc(N3CCc4ccccc43)ncc2C(=O)NCC(=O)OC(C)(C)C)c1. The Hall–Kier alpha value is -4.14. The molecule has 9 heteroatoms. The van der Waals surface area contributed by atoms with Gasteiger partial charge in [-0.1, -0.05) is 30.3 Å². The largest absolute Gasteiger partial charge is 0.497 e. The molecule has 0 fully saturated rings. The van der Waals surface area contributed by atoms with Crippen molar-refractivity contribution in [1.82, 2.24) is 15.3 Å². The van der Waals surface area contributed by atoms with Gasteiger partial charge in [-0.2, -0.15) is 4.98 Å². The molecular weight excluding hydrogens is 460 g/mol. The van der Waals surface area contributed by atoms with Crippen LogP contribution in [0.3, 0.4) is 0 Å². The number of esters is 1. The van der Waals surface area contributed by atoms with Crippen molar-refractivity contribution >= 4 is 23.5 Å². The highest BCUT2D eigenvalue weighted by Gasteiger charge is 2.25. The van der Waals surface area contributed by atoms with Crippen LogP contribution in [0.25, 0.3) is 0 Å². The van der Waals surface area contributed by atoms with Crippen LogP contribution in [0, 0.1) is 0 Å². The van der Waals surface area contributed by atoms with Crippen molar-refractivity contribution in [1.29, 1.82) is 0 Å². The molecule has 2 aromatic carbocycles. The molecule has 0 radical (unpaired) electrons. The van der Waals surface area contributed by atoms with Crippen LogP contribution in [0.5, 0.6) is 11.6 Å². The van der Waals surface area contributed by atoms with Crippen molar-refractivity contribution in [2.45, 2.75) is 39.4 Å². The summed E-state index contributed by atoms with van der Waals surface area (Å²) in [5, 5.41) is 2.58. The number of hydrogen-bond acceptors (Lipinski definition) is 8. The molecule has 1 amide bonds. The van der Waals surface area contributed by atoms with Gasteiger partial charge in [-0.3, -0.25) is 9.59 Å². The molecule has 0 saturated heterocycles. The molecule has 0 atom stereocenters. The van der Waals surface area contributed by atoms with Crippen molar-refractivity contribution in [3.63, 3.8) is 0 Å². The number of hydrogen-bond donors (Lipinski definition) is 1. The van der Waals surface area contributed by atoms with Crippen LogP contribution in [0.2, 0.25) is 0 Å². The predicted octanol–water partition coefficient (Wildman–Crippen LogP) is 3.83. The van der Waals surface area contributed by atoms with E-state index in [2.05, 4.69) is 21.4 Å². The number of benzene rings is 2. The second kappa shape index (κ2) is 10.6. The van der Waals surface area contributed by atoms with Crippen molar-refractivity contribution < 1.29 is 23.8 Å². The fourth-order valence-corrected chi connectivity index (χ4v) is 3.84. The van der Waals surface area contributed by atoms with Gasteiger partial charge < -0.3 is 24.4 Å². The lowest BCUT2D eigenvalue weighted by molar-refractivity contribution is -0.153. The first-order chi connectivity index (χ1) is 17.2. The van der Waals surface area contributed by atoms with E-state index in [0.717, 1.165) is 24.2 Å². The number of anilines is 2. The highest BCUT2D eigenvalue weighted by atomic mass is 16.6. The topological polar surface area (TPSA) is 103 Å². The molecule has 0 bridgehead atoms. The first-order valence-corrected chi connectivity index (χ1v) is 11.7. The van der Waals surface area contributed by atoms with Crippen LogP contribution in [0.4, 0.5) is 11.6 Å². The number of ether oxygens (including phenoxy) is 3. The number of amides is 1. The third kappa shape index (κ3) is 6.10. The summed E-state index contributed by atoms with van der Waals surface area (Å²) in [5.74, 6) is 0.178. The minimum absolute atomic E-state index is 0.119. The molecule has 188 valence electrons. The Morgan fingerprint density at radius 3 is 2.69 bits per heavy atom. The first kappa shape index (κ1) is 25.0. The molecule has 36 heavy (non-hydrogen) atoms. The molecule has 9 nitrogen and oxygen atoms in total. The zero-order valence-corrected chi connectivity index (χ0v) is 20.9. The molecule has 0 unspecified atom stereocenters. The van der Waals surface area contributed by atoms with Crippen molar-refractivity contribution in [3.05, 3.63) is 71.4 Å². The van der Waals surface area contributed by atoms with Gasteiger partial charge in [0.15, 0.2) is 0 Å². The van der Waals surface area contributed by atoms with Crippen LogP contribution in [-0.4, -0.2) is 47.6 Å². The van der Waals surface area contributed by atoms with E-state index in [-0.39, 0.29) is 24.6 Å². The van der Waals surface area contributed by atoms with Crippen LogP contribution in [0.1, 0.15) is 42.3 Å². The lowest BCUT2D eigenvalue weighted by Crippen LogP contribution is -2.35. The molecule has 4 rings (SSSR count). The average Bonchev–Trinajstić information content (AvgIpc) is 3.29. The highest BCUT2D eigenvalue weighted by molar-refractivity contribution is 5.97. The Morgan fingerprint density at radius 1 is 1.11 bits per heavy atom. The summed E-state index contributed by atoms with van der Waals surface area (Å²) < 4.78 is 16.6. The highest BCUT2D eigenvalue weighted by Crippen LogP contribution is 2.33. The van der Waals surface area contributed by atoms with E-state index in [4.69, 9.17) is 14.2 Å².